The number of hydrogen-bond acceptors (Lipinski definition) is 3. The molecule has 0 saturated heterocycles. The molecule has 0 aliphatic heterocycles. The first kappa shape index (κ1) is 15.0. The Labute approximate surface area is 86.6 Å². The fraction of sp³-hybridized carbons (Fsp3) is 0.364. The fourth-order valence-corrected chi connectivity index (χ4v) is 0.634. The summed E-state index contributed by atoms with van der Waals surface area (Å²) < 4.78 is 0. The van der Waals surface area contributed by atoms with Gasteiger partial charge in [0.2, 0.25) is 0 Å². The van der Waals surface area contributed by atoms with Crippen LogP contribution in [-0.2, 0) is 0 Å². The first-order chi connectivity index (χ1) is 6.88. The number of pyridine rings is 1. The van der Waals surface area contributed by atoms with Gasteiger partial charge in [-0.25, -0.2) is 0 Å². The highest BCUT2D eigenvalue weighted by Gasteiger charge is 1.93. The molecule has 1 rings (SSSR count). The maximum Gasteiger partial charge on any atom is 0.106 e. The Morgan fingerprint density at radius 1 is 1.00 bits per heavy atom. The van der Waals surface area contributed by atoms with Gasteiger partial charge < -0.3 is 0 Å². The highest BCUT2D eigenvalue weighted by Crippen LogP contribution is 2.24. The summed E-state index contributed by atoms with van der Waals surface area (Å²) in [5.41, 5.74) is 1.38. The van der Waals surface area contributed by atoms with Crippen LogP contribution in [0.3, 0.4) is 0 Å². The van der Waals surface area contributed by atoms with E-state index in [-0.39, 0.29) is 0 Å². The normalized spacial score (nSPS) is 7.14. The van der Waals surface area contributed by atoms with Crippen molar-refractivity contribution in [3.8, 4) is 0 Å². The Hall–Kier alpha value is -1.51. The van der Waals surface area contributed by atoms with Gasteiger partial charge in [0.15, 0.2) is 0 Å². The molecule has 0 aliphatic carbocycles. The standard InChI is InChI=1S/C7H7N3.2C2H6/c1-8-6-3-4-10-5-7(6)9-2;2*1-2/h3-5H,1-2H2;2*1-2H3. The lowest BCUT2D eigenvalue weighted by atomic mass is 10.4. The Kier molecular flexibility index (Phi) is 12.3. The summed E-state index contributed by atoms with van der Waals surface area (Å²) in [6, 6.07) is 1.73. The topological polar surface area (TPSA) is 37.6 Å². The zero-order chi connectivity index (χ0) is 11.4. The minimum absolute atomic E-state index is 0.664. The summed E-state index contributed by atoms with van der Waals surface area (Å²) in [6.07, 6.45) is 3.23. The van der Waals surface area contributed by atoms with Crippen LogP contribution in [0.4, 0.5) is 11.4 Å². The Bertz CT molecular complexity index is 229. The Morgan fingerprint density at radius 3 is 1.86 bits per heavy atom. The van der Waals surface area contributed by atoms with Gasteiger partial charge in [-0.05, 0) is 19.5 Å². The molecule has 1 aromatic rings. The summed E-state index contributed by atoms with van der Waals surface area (Å²) in [5, 5.41) is 0. The molecule has 0 amide bonds. The summed E-state index contributed by atoms with van der Waals surface area (Å²) in [6.45, 7) is 14.7. The lowest BCUT2D eigenvalue weighted by molar-refractivity contribution is 1.30. The molecule has 0 atom stereocenters. The first-order valence-corrected chi connectivity index (χ1v) is 4.76. The van der Waals surface area contributed by atoms with E-state index in [0.717, 1.165) is 0 Å². The van der Waals surface area contributed by atoms with Gasteiger partial charge in [-0.2, -0.15) is 0 Å². The predicted octanol–water partition coefficient (Wildman–Crippen LogP) is 3.80. The number of aliphatic imine (C=N–C) groups is 2. The smallest absolute Gasteiger partial charge is 0.106 e. The molecule has 14 heavy (non-hydrogen) atoms. The van der Waals surface area contributed by atoms with Gasteiger partial charge in [0, 0.05) is 6.20 Å². The Balaban J connectivity index is 0. The van der Waals surface area contributed by atoms with Gasteiger partial charge in [-0.3, -0.25) is 15.0 Å². The number of aromatic nitrogens is 1. The summed E-state index contributed by atoms with van der Waals surface area (Å²) >= 11 is 0. The average Bonchev–Trinajstić information content (AvgIpc) is 2.34. The SMILES string of the molecule is C=Nc1ccncc1N=C.CC.CC. The summed E-state index contributed by atoms with van der Waals surface area (Å²) in [5.74, 6) is 0. The van der Waals surface area contributed by atoms with Crippen LogP contribution in [0, 0.1) is 0 Å². The largest absolute Gasteiger partial charge is 0.262 e. The Morgan fingerprint density at radius 2 is 1.50 bits per heavy atom. The lowest BCUT2D eigenvalue weighted by Gasteiger charge is -1.94. The van der Waals surface area contributed by atoms with E-state index in [2.05, 4.69) is 28.4 Å². The van der Waals surface area contributed by atoms with Crippen molar-refractivity contribution in [2.45, 2.75) is 27.7 Å². The van der Waals surface area contributed by atoms with Crippen LogP contribution in [0.25, 0.3) is 0 Å². The van der Waals surface area contributed by atoms with Crippen molar-refractivity contribution in [1.82, 2.24) is 4.98 Å². The van der Waals surface area contributed by atoms with Crippen LogP contribution in [0.15, 0.2) is 28.4 Å². The van der Waals surface area contributed by atoms with E-state index in [1.807, 2.05) is 27.7 Å². The molecule has 0 aromatic carbocycles. The van der Waals surface area contributed by atoms with Gasteiger partial charge in [0.05, 0.1) is 11.9 Å². The van der Waals surface area contributed by atoms with Crippen molar-refractivity contribution < 1.29 is 0 Å². The van der Waals surface area contributed by atoms with Crippen molar-refractivity contribution in [3.63, 3.8) is 0 Å². The second-order valence-corrected chi connectivity index (χ2v) is 1.68. The second-order valence-electron chi connectivity index (χ2n) is 1.68. The zero-order valence-electron chi connectivity index (χ0n) is 9.49. The van der Waals surface area contributed by atoms with Crippen LogP contribution in [-0.4, -0.2) is 18.4 Å². The van der Waals surface area contributed by atoms with Crippen molar-refractivity contribution in [2.24, 2.45) is 9.98 Å². The van der Waals surface area contributed by atoms with Crippen molar-refractivity contribution in [2.75, 3.05) is 0 Å². The van der Waals surface area contributed by atoms with E-state index in [4.69, 9.17) is 0 Å². The molecule has 1 heterocycles. The lowest BCUT2D eigenvalue weighted by Crippen LogP contribution is -1.69. The van der Waals surface area contributed by atoms with E-state index < -0.39 is 0 Å². The molecule has 0 unspecified atom stereocenters. The molecule has 0 N–H and O–H groups in total. The molecule has 0 radical (unpaired) electrons. The van der Waals surface area contributed by atoms with Crippen molar-refractivity contribution in [3.05, 3.63) is 18.5 Å². The second kappa shape index (κ2) is 11.5. The zero-order valence-corrected chi connectivity index (χ0v) is 9.49. The molecular weight excluding hydrogens is 174 g/mol. The number of rotatable bonds is 2. The van der Waals surface area contributed by atoms with Crippen LogP contribution < -0.4 is 0 Å². The monoisotopic (exact) mass is 193 g/mol. The number of hydrogen-bond donors (Lipinski definition) is 0. The number of nitrogens with zero attached hydrogens (tertiary/aromatic N) is 3. The molecular formula is C11H19N3. The van der Waals surface area contributed by atoms with E-state index in [9.17, 15) is 0 Å². The molecule has 0 bridgehead atoms. The van der Waals surface area contributed by atoms with Crippen LogP contribution in [0.1, 0.15) is 27.7 Å². The van der Waals surface area contributed by atoms with Crippen molar-refractivity contribution in [1.29, 1.82) is 0 Å². The molecule has 1 aromatic heterocycles. The van der Waals surface area contributed by atoms with E-state index in [1.54, 1.807) is 18.5 Å². The summed E-state index contributed by atoms with van der Waals surface area (Å²) in [4.78, 5) is 11.3. The minimum Gasteiger partial charge on any atom is -0.262 e. The van der Waals surface area contributed by atoms with Gasteiger partial charge in [0.25, 0.3) is 0 Å². The van der Waals surface area contributed by atoms with Gasteiger partial charge in [-0.1, -0.05) is 27.7 Å². The molecule has 0 aliphatic rings. The van der Waals surface area contributed by atoms with E-state index >= 15 is 0 Å². The highest BCUT2D eigenvalue weighted by molar-refractivity contribution is 5.64. The maximum absolute atomic E-state index is 3.84. The molecule has 3 nitrogen and oxygen atoms in total. The third-order valence-corrected chi connectivity index (χ3v) is 1.12. The van der Waals surface area contributed by atoms with Crippen LogP contribution >= 0.6 is 0 Å². The molecule has 78 valence electrons. The first-order valence-electron chi connectivity index (χ1n) is 4.76. The van der Waals surface area contributed by atoms with Crippen LogP contribution in [0.5, 0.6) is 0 Å². The molecule has 3 heteroatoms. The highest BCUT2D eigenvalue weighted by atomic mass is 14.8. The maximum atomic E-state index is 3.84. The molecule has 0 fully saturated rings. The van der Waals surface area contributed by atoms with Gasteiger partial charge >= 0.3 is 0 Å². The average molecular weight is 193 g/mol. The van der Waals surface area contributed by atoms with Crippen LogP contribution in [0.2, 0.25) is 0 Å². The molecule has 0 spiro atoms. The predicted molar refractivity (Wildman–Crippen MR) is 65.4 cm³/mol. The fourth-order valence-electron chi connectivity index (χ4n) is 0.634. The summed E-state index contributed by atoms with van der Waals surface area (Å²) in [7, 11) is 0. The molecule has 0 saturated carbocycles. The van der Waals surface area contributed by atoms with Crippen molar-refractivity contribution >= 4 is 24.8 Å². The minimum atomic E-state index is 0.664. The third kappa shape index (κ3) is 5.19. The van der Waals surface area contributed by atoms with E-state index in [0.29, 0.717) is 11.4 Å². The van der Waals surface area contributed by atoms with Gasteiger partial charge in [-0.15, -0.1) is 0 Å². The van der Waals surface area contributed by atoms with E-state index in [1.165, 1.54) is 0 Å². The van der Waals surface area contributed by atoms with Gasteiger partial charge in [0.1, 0.15) is 5.69 Å². The third-order valence-electron chi connectivity index (χ3n) is 1.12. The quantitative estimate of drug-likeness (QED) is 0.658.